The number of benzene rings is 1. The maximum atomic E-state index is 14.9. The highest BCUT2D eigenvalue weighted by Gasteiger charge is 2.44. The standard InChI is InChI=1S/C22H24FN5O2/c1-27-11-24-17-10-19(29)14(9-15(17)22(27)30)16-5-6-20(26-25-16)28(2)18-8-12-3-4-13(7-12)21(18)23/h5-6,9-13,18,21,29H,3-4,7-8H2,1-2H3/t12-,13+,18+,21-/m0/s1. The Balaban J connectivity index is 1.46. The normalized spacial score (nSPS) is 25.6. The third kappa shape index (κ3) is 3.02. The summed E-state index contributed by atoms with van der Waals surface area (Å²) in [6.45, 7) is 0. The quantitative estimate of drug-likeness (QED) is 0.716. The number of anilines is 1. The van der Waals surface area contributed by atoms with E-state index in [1.54, 1.807) is 25.2 Å². The van der Waals surface area contributed by atoms with Crippen LogP contribution in [0.5, 0.6) is 5.75 Å². The number of fused-ring (bicyclic) bond motifs is 3. The highest BCUT2D eigenvalue weighted by atomic mass is 19.1. The molecule has 0 unspecified atom stereocenters. The SMILES string of the molecule is CN(c1ccc(-c2cc3c(=O)n(C)cnc3cc2O)nn1)[C@@H]1C[C@H]2CC[C@H](C2)[C@@H]1F. The molecule has 4 atom stereocenters. The average Bonchev–Trinajstić information content (AvgIpc) is 3.16. The van der Waals surface area contributed by atoms with Gasteiger partial charge in [-0.1, -0.05) is 0 Å². The van der Waals surface area contributed by atoms with Crippen LogP contribution in [-0.2, 0) is 7.05 Å². The fourth-order valence-corrected chi connectivity index (χ4v) is 5.05. The number of aromatic hydroxyl groups is 1. The molecular formula is C22H24FN5O2. The minimum atomic E-state index is -0.844. The van der Waals surface area contributed by atoms with Crippen LogP contribution in [0.4, 0.5) is 10.2 Å². The summed E-state index contributed by atoms with van der Waals surface area (Å²) < 4.78 is 16.3. The van der Waals surface area contributed by atoms with E-state index >= 15 is 0 Å². The van der Waals surface area contributed by atoms with E-state index in [9.17, 15) is 14.3 Å². The second kappa shape index (κ2) is 7.04. The lowest BCUT2D eigenvalue weighted by molar-refractivity contribution is 0.144. The van der Waals surface area contributed by atoms with Gasteiger partial charge in [-0.2, -0.15) is 0 Å². The van der Waals surface area contributed by atoms with Crippen molar-refractivity contribution < 1.29 is 9.50 Å². The molecule has 2 aliphatic carbocycles. The van der Waals surface area contributed by atoms with Crippen molar-refractivity contribution in [2.75, 3.05) is 11.9 Å². The molecule has 30 heavy (non-hydrogen) atoms. The molecule has 0 amide bonds. The Labute approximate surface area is 173 Å². The molecule has 1 aromatic carbocycles. The molecule has 2 heterocycles. The zero-order chi connectivity index (χ0) is 21.0. The minimum absolute atomic E-state index is 0.0219. The zero-order valence-corrected chi connectivity index (χ0v) is 17.0. The first-order chi connectivity index (χ1) is 14.4. The van der Waals surface area contributed by atoms with E-state index in [2.05, 4.69) is 15.2 Å². The number of hydrogen-bond acceptors (Lipinski definition) is 6. The highest BCUT2D eigenvalue weighted by Crippen LogP contribution is 2.45. The molecule has 0 spiro atoms. The molecule has 2 bridgehead atoms. The van der Waals surface area contributed by atoms with Crippen LogP contribution in [0.25, 0.3) is 22.2 Å². The van der Waals surface area contributed by atoms with Gasteiger partial charge in [-0.3, -0.25) is 4.79 Å². The summed E-state index contributed by atoms with van der Waals surface area (Å²) >= 11 is 0. The predicted octanol–water partition coefficient (Wildman–Crippen LogP) is 3.06. The van der Waals surface area contributed by atoms with Gasteiger partial charge < -0.3 is 14.6 Å². The maximum Gasteiger partial charge on any atom is 0.260 e. The Hall–Kier alpha value is -3.03. The van der Waals surface area contributed by atoms with E-state index in [0.717, 1.165) is 25.7 Å². The number of phenolic OH excluding ortho intramolecular Hbond substituents is 1. The second-order valence-corrected chi connectivity index (χ2v) is 8.62. The number of nitrogens with zero attached hydrogens (tertiary/aromatic N) is 5. The molecule has 0 radical (unpaired) electrons. The number of aryl methyl sites for hydroxylation is 1. The van der Waals surface area contributed by atoms with E-state index in [-0.39, 0.29) is 23.3 Å². The van der Waals surface area contributed by atoms with E-state index in [0.29, 0.717) is 33.9 Å². The highest BCUT2D eigenvalue weighted by molar-refractivity contribution is 5.86. The van der Waals surface area contributed by atoms with Gasteiger partial charge in [0.25, 0.3) is 5.56 Å². The number of phenols is 1. The molecule has 2 aromatic heterocycles. The van der Waals surface area contributed by atoms with Gasteiger partial charge in [0, 0.05) is 25.7 Å². The molecule has 8 heteroatoms. The molecule has 0 aliphatic heterocycles. The average molecular weight is 409 g/mol. The van der Waals surface area contributed by atoms with Crippen molar-refractivity contribution in [3.63, 3.8) is 0 Å². The van der Waals surface area contributed by atoms with Crippen molar-refractivity contribution in [3.8, 4) is 17.0 Å². The van der Waals surface area contributed by atoms with Crippen molar-refractivity contribution in [3.05, 3.63) is 40.9 Å². The second-order valence-electron chi connectivity index (χ2n) is 8.62. The molecule has 156 valence electrons. The van der Waals surface area contributed by atoms with Crippen molar-refractivity contribution in [1.82, 2.24) is 19.7 Å². The summed E-state index contributed by atoms with van der Waals surface area (Å²) in [5.41, 5.74) is 1.07. The van der Waals surface area contributed by atoms with Crippen molar-refractivity contribution in [2.45, 2.75) is 37.9 Å². The molecule has 1 N–H and O–H groups in total. The van der Waals surface area contributed by atoms with Crippen LogP contribution in [0, 0.1) is 11.8 Å². The summed E-state index contributed by atoms with van der Waals surface area (Å²) in [5.74, 6) is 1.35. The molecule has 2 fully saturated rings. The van der Waals surface area contributed by atoms with E-state index in [1.165, 1.54) is 17.0 Å². The number of alkyl halides is 1. The van der Waals surface area contributed by atoms with E-state index < -0.39 is 6.17 Å². The fraction of sp³-hybridized carbons (Fsp3) is 0.455. The monoisotopic (exact) mass is 409 g/mol. The van der Waals surface area contributed by atoms with Gasteiger partial charge in [-0.05, 0) is 55.7 Å². The van der Waals surface area contributed by atoms with Crippen LogP contribution in [0.2, 0.25) is 0 Å². The Bertz CT molecular complexity index is 1160. The van der Waals surface area contributed by atoms with Crippen LogP contribution in [0.15, 0.2) is 35.4 Å². The number of aromatic nitrogens is 4. The van der Waals surface area contributed by atoms with Gasteiger partial charge in [-0.15, -0.1) is 10.2 Å². The van der Waals surface area contributed by atoms with Gasteiger partial charge in [0.1, 0.15) is 11.9 Å². The molecule has 0 saturated heterocycles. The Morgan fingerprint density at radius 1 is 1.20 bits per heavy atom. The third-order valence-electron chi connectivity index (χ3n) is 6.79. The molecule has 2 aliphatic rings. The maximum absolute atomic E-state index is 14.9. The Morgan fingerprint density at radius 2 is 2.03 bits per heavy atom. The summed E-state index contributed by atoms with van der Waals surface area (Å²) in [7, 11) is 3.50. The third-order valence-corrected chi connectivity index (χ3v) is 6.79. The first-order valence-corrected chi connectivity index (χ1v) is 10.3. The first kappa shape index (κ1) is 19.0. The van der Waals surface area contributed by atoms with Crippen molar-refractivity contribution in [2.24, 2.45) is 18.9 Å². The fourth-order valence-electron chi connectivity index (χ4n) is 5.05. The van der Waals surface area contributed by atoms with Crippen molar-refractivity contribution in [1.29, 1.82) is 0 Å². The van der Waals surface area contributed by atoms with Gasteiger partial charge >= 0.3 is 0 Å². The summed E-state index contributed by atoms with van der Waals surface area (Å²) in [6.07, 6.45) is 4.53. The summed E-state index contributed by atoms with van der Waals surface area (Å²) in [4.78, 5) is 18.5. The van der Waals surface area contributed by atoms with Crippen LogP contribution >= 0.6 is 0 Å². The predicted molar refractivity (Wildman–Crippen MR) is 112 cm³/mol. The summed E-state index contributed by atoms with van der Waals surface area (Å²) in [6, 6.07) is 6.39. The lowest BCUT2D eigenvalue weighted by Gasteiger charge is -2.38. The Kier molecular flexibility index (Phi) is 4.45. The molecule has 7 nitrogen and oxygen atoms in total. The van der Waals surface area contributed by atoms with E-state index in [1.807, 2.05) is 11.9 Å². The lowest BCUT2D eigenvalue weighted by Crippen LogP contribution is -2.46. The van der Waals surface area contributed by atoms with Gasteiger partial charge in [0.2, 0.25) is 0 Å². The number of hydrogen-bond donors (Lipinski definition) is 1. The zero-order valence-electron chi connectivity index (χ0n) is 17.0. The topological polar surface area (TPSA) is 84.1 Å². The van der Waals surface area contributed by atoms with Crippen LogP contribution < -0.4 is 10.5 Å². The van der Waals surface area contributed by atoms with Gasteiger partial charge in [0.15, 0.2) is 5.82 Å². The molecule has 3 aromatic rings. The molecule has 5 rings (SSSR count). The van der Waals surface area contributed by atoms with E-state index in [4.69, 9.17) is 0 Å². The van der Waals surface area contributed by atoms with Crippen LogP contribution in [0.1, 0.15) is 25.7 Å². The molecular weight excluding hydrogens is 385 g/mol. The largest absolute Gasteiger partial charge is 0.507 e. The van der Waals surface area contributed by atoms with Crippen LogP contribution in [0.3, 0.4) is 0 Å². The smallest absolute Gasteiger partial charge is 0.260 e. The number of rotatable bonds is 3. The lowest BCUT2D eigenvalue weighted by atomic mass is 9.83. The number of halogens is 1. The van der Waals surface area contributed by atoms with Crippen LogP contribution in [-0.4, -0.2) is 44.1 Å². The summed E-state index contributed by atoms with van der Waals surface area (Å²) in [5, 5.41) is 19.4. The van der Waals surface area contributed by atoms with Gasteiger partial charge in [0.05, 0.1) is 29.0 Å². The first-order valence-electron chi connectivity index (χ1n) is 10.3. The molecule has 2 saturated carbocycles. The minimum Gasteiger partial charge on any atom is -0.507 e. The Morgan fingerprint density at radius 3 is 2.80 bits per heavy atom. The van der Waals surface area contributed by atoms with Crippen molar-refractivity contribution >= 4 is 16.7 Å². The van der Waals surface area contributed by atoms with Gasteiger partial charge in [-0.25, -0.2) is 9.37 Å².